The van der Waals surface area contributed by atoms with Crippen LogP contribution < -0.4 is 15.4 Å². The molecule has 0 aliphatic carbocycles. The average Bonchev–Trinajstić information content (AvgIpc) is 3.43. The maximum atomic E-state index is 12.6. The normalized spacial score (nSPS) is 11.9. The molecule has 0 bridgehead atoms. The number of thiophene rings is 1. The van der Waals surface area contributed by atoms with Gasteiger partial charge < -0.3 is 19.8 Å². The largest absolute Gasteiger partial charge is 0.459 e. The van der Waals surface area contributed by atoms with Crippen molar-refractivity contribution in [3.63, 3.8) is 0 Å². The highest BCUT2D eigenvalue weighted by molar-refractivity contribution is 7.16. The Labute approximate surface area is 186 Å². The molecule has 0 saturated heterocycles. The molecule has 3 heterocycles. The number of benzene rings is 1. The van der Waals surface area contributed by atoms with E-state index in [1.165, 1.54) is 29.7 Å². The number of rotatable bonds is 8. The van der Waals surface area contributed by atoms with Crippen LogP contribution in [0.5, 0.6) is 5.75 Å². The third-order valence-corrected chi connectivity index (χ3v) is 5.54. The van der Waals surface area contributed by atoms with Gasteiger partial charge in [0.15, 0.2) is 5.76 Å². The van der Waals surface area contributed by atoms with Gasteiger partial charge in [0.1, 0.15) is 16.6 Å². The Morgan fingerprint density at radius 3 is 2.59 bits per heavy atom. The molecule has 0 spiro atoms. The van der Waals surface area contributed by atoms with E-state index in [9.17, 15) is 13.6 Å². The first-order valence-corrected chi connectivity index (χ1v) is 10.5. The summed E-state index contributed by atoms with van der Waals surface area (Å²) < 4.78 is 34.7. The first-order chi connectivity index (χ1) is 15.5. The number of pyridine rings is 1. The number of hydrogen-bond donors (Lipinski definition) is 2. The van der Waals surface area contributed by atoms with Crippen molar-refractivity contribution in [2.45, 2.75) is 19.6 Å². The number of alkyl halides is 2. The number of carbonyl (C=O) groups is 1. The second kappa shape index (κ2) is 9.61. The molecule has 164 valence electrons. The lowest BCUT2D eigenvalue weighted by atomic mass is 9.99. The van der Waals surface area contributed by atoms with E-state index in [1.807, 2.05) is 25.1 Å². The van der Waals surface area contributed by atoms with Crippen LogP contribution >= 0.6 is 11.3 Å². The molecule has 4 aromatic rings. The van der Waals surface area contributed by atoms with Crippen molar-refractivity contribution >= 4 is 28.1 Å². The van der Waals surface area contributed by atoms with Crippen LogP contribution in [0.25, 0.3) is 0 Å². The summed E-state index contributed by atoms with van der Waals surface area (Å²) in [5.41, 5.74) is 1.59. The Kier molecular flexibility index (Phi) is 6.46. The number of halogens is 2. The monoisotopic (exact) mass is 455 g/mol. The molecular weight excluding hydrogens is 436 g/mol. The van der Waals surface area contributed by atoms with E-state index in [2.05, 4.69) is 20.4 Å². The third-order valence-electron chi connectivity index (χ3n) is 4.56. The zero-order valence-corrected chi connectivity index (χ0v) is 17.7. The van der Waals surface area contributed by atoms with Crippen LogP contribution in [0.4, 0.5) is 19.6 Å². The molecule has 2 N–H and O–H groups in total. The summed E-state index contributed by atoms with van der Waals surface area (Å²) in [5, 5.41) is 6.92. The van der Waals surface area contributed by atoms with Crippen molar-refractivity contribution in [3.05, 3.63) is 94.9 Å². The number of ether oxygens (including phenoxy) is 1. The number of carbonyl (C=O) groups excluding carboxylic acids is 1. The molecule has 0 saturated carbocycles. The zero-order chi connectivity index (χ0) is 22.5. The van der Waals surface area contributed by atoms with E-state index in [-0.39, 0.29) is 17.4 Å². The van der Waals surface area contributed by atoms with E-state index < -0.39 is 12.7 Å². The van der Waals surface area contributed by atoms with Crippen molar-refractivity contribution < 1.29 is 22.7 Å². The molecule has 0 aliphatic rings. The van der Waals surface area contributed by atoms with Gasteiger partial charge in [-0.1, -0.05) is 18.2 Å². The van der Waals surface area contributed by atoms with Gasteiger partial charge in [-0.3, -0.25) is 4.79 Å². The second-order valence-electron chi connectivity index (χ2n) is 6.81. The van der Waals surface area contributed by atoms with E-state index in [0.29, 0.717) is 10.8 Å². The minimum Gasteiger partial charge on any atom is -0.459 e. The van der Waals surface area contributed by atoms with Crippen LogP contribution in [0.1, 0.15) is 32.6 Å². The minimum absolute atomic E-state index is 0.0631. The van der Waals surface area contributed by atoms with Gasteiger partial charge in [-0.25, -0.2) is 4.98 Å². The molecule has 3 aromatic heterocycles. The number of anilines is 2. The SMILES string of the molecule is Cc1cc([C@@H](Nc2ccccn2)c2ccc(OC(F)F)cc2)c(NC(=O)c2ccco2)s1. The van der Waals surface area contributed by atoms with Gasteiger partial charge in [0, 0.05) is 16.6 Å². The van der Waals surface area contributed by atoms with Gasteiger partial charge in [0.05, 0.1) is 12.3 Å². The van der Waals surface area contributed by atoms with E-state index in [1.54, 1.807) is 36.5 Å². The predicted octanol–water partition coefficient (Wildman–Crippen LogP) is 6.10. The number of aryl methyl sites for hydroxylation is 1. The molecular formula is C23H19F2N3O3S. The maximum Gasteiger partial charge on any atom is 0.387 e. The number of hydrogen-bond acceptors (Lipinski definition) is 6. The lowest BCUT2D eigenvalue weighted by Crippen LogP contribution is -2.17. The molecule has 0 fully saturated rings. The molecule has 0 aliphatic heterocycles. The average molecular weight is 455 g/mol. The number of nitrogens with zero attached hydrogens (tertiary/aromatic N) is 1. The molecule has 6 nitrogen and oxygen atoms in total. The summed E-state index contributed by atoms with van der Waals surface area (Å²) in [6.07, 6.45) is 3.10. The molecule has 1 atom stereocenters. The van der Waals surface area contributed by atoms with Gasteiger partial charge >= 0.3 is 6.61 Å². The van der Waals surface area contributed by atoms with Crippen molar-refractivity contribution in [2.24, 2.45) is 0 Å². The molecule has 1 aromatic carbocycles. The highest BCUT2D eigenvalue weighted by Crippen LogP contribution is 2.38. The van der Waals surface area contributed by atoms with Gasteiger partial charge in [0.2, 0.25) is 0 Å². The van der Waals surface area contributed by atoms with Gasteiger partial charge in [0.25, 0.3) is 5.91 Å². The smallest absolute Gasteiger partial charge is 0.387 e. The fourth-order valence-electron chi connectivity index (χ4n) is 3.20. The Morgan fingerprint density at radius 1 is 1.12 bits per heavy atom. The van der Waals surface area contributed by atoms with Crippen LogP contribution in [-0.2, 0) is 0 Å². The highest BCUT2D eigenvalue weighted by atomic mass is 32.1. The van der Waals surface area contributed by atoms with Crippen LogP contribution in [0.15, 0.2) is 77.5 Å². The Bertz CT molecular complexity index is 1160. The summed E-state index contributed by atoms with van der Waals surface area (Å²) in [5.74, 6) is 0.519. The van der Waals surface area contributed by atoms with Crippen LogP contribution in [0.3, 0.4) is 0 Å². The standard InChI is InChI=1S/C23H19F2N3O3S/c1-14-13-17(22(32-14)28-21(29)18-5-4-12-30-18)20(27-19-6-2-3-11-26-19)15-7-9-16(10-8-15)31-23(24)25/h2-13,20,23H,1H3,(H,26,27)(H,28,29)/t20-/m0/s1. The van der Waals surface area contributed by atoms with Crippen molar-refractivity contribution in [1.29, 1.82) is 0 Å². The van der Waals surface area contributed by atoms with E-state index >= 15 is 0 Å². The minimum atomic E-state index is -2.90. The Morgan fingerprint density at radius 2 is 1.94 bits per heavy atom. The van der Waals surface area contributed by atoms with Gasteiger partial charge in [-0.15, -0.1) is 11.3 Å². The van der Waals surface area contributed by atoms with Gasteiger partial charge in [-0.05, 0) is 55.0 Å². The Hall–Kier alpha value is -3.72. The molecule has 1 amide bonds. The Balaban J connectivity index is 1.69. The number of amides is 1. The fourth-order valence-corrected chi connectivity index (χ4v) is 4.14. The van der Waals surface area contributed by atoms with E-state index in [0.717, 1.165) is 16.0 Å². The number of aromatic nitrogens is 1. The quantitative estimate of drug-likeness (QED) is 0.336. The van der Waals surface area contributed by atoms with Gasteiger partial charge in [-0.2, -0.15) is 8.78 Å². The molecule has 0 unspecified atom stereocenters. The molecule has 0 radical (unpaired) electrons. The van der Waals surface area contributed by atoms with Crippen LogP contribution in [-0.4, -0.2) is 17.5 Å². The first-order valence-electron chi connectivity index (χ1n) is 9.67. The zero-order valence-electron chi connectivity index (χ0n) is 16.9. The van der Waals surface area contributed by atoms with Crippen molar-refractivity contribution in [1.82, 2.24) is 4.98 Å². The van der Waals surface area contributed by atoms with Crippen molar-refractivity contribution in [3.8, 4) is 5.75 Å². The summed E-state index contributed by atoms with van der Waals surface area (Å²) in [7, 11) is 0. The molecule has 32 heavy (non-hydrogen) atoms. The second-order valence-corrected chi connectivity index (χ2v) is 8.07. The number of nitrogens with one attached hydrogen (secondary N) is 2. The summed E-state index contributed by atoms with van der Waals surface area (Å²) >= 11 is 1.43. The first kappa shape index (κ1) is 21.5. The third kappa shape index (κ3) is 5.12. The number of furan rings is 1. The topological polar surface area (TPSA) is 76.4 Å². The van der Waals surface area contributed by atoms with Crippen LogP contribution in [0, 0.1) is 6.92 Å². The molecule has 9 heteroatoms. The summed E-state index contributed by atoms with van der Waals surface area (Å²) in [6, 6.07) is 16.6. The molecule has 4 rings (SSSR count). The van der Waals surface area contributed by atoms with Crippen molar-refractivity contribution in [2.75, 3.05) is 10.6 Å². The predicted molar refractivity (Wildman–Crippen MR) is 118 cm³/mol. The van der Waals surface area contributed by atoms with E-state index in [4.69, 9.17) is 4.42 Å². The summed E-state index contributed by atoms with van der Waals surface area (Å²) in [6.45, 7) is -0.958. The lowest BCUT2D eigenvalue weighted by molar-refractivity contribution is -0.0498. The van der Waals surface area contributed by atoms with Crippen LogP contribution in [0.2, 0.25) is 0 Å². The summed E-state index contributed by atoms with van der Waals surface area (Å²) in [4.78, 5) is 17.9. The maximum absolute atomic E-state index is 12.6. The highest BCUT2D eigenvalue weighted by Gasteiger charge is 2.23. The fraction of sp³-hybridized carbons (Fsp3) is 0.130. The lowest BCUT2D eigenvalue weighted by Gasteiger charge is -2.21.